The van der Waals surface area contributed by atoms with Crippen LogP contribution in [0.4, 0.5) is 10.5 Å². The van der Waals surface area contributed by atoms with E-state index in [1.807, 2.05) is 45.9 Å². The number of nitrogens with one attached hydrogen (secondary N) is 1. The molecule has 0 fully saturated rings. The number of benzene rings is 1. The summed E-state index contributed by atoms with van der Waals surface area (Å²) < 4.78 is 5.14. The molecule has 4 heteroatoms. The smallest absolute Gasteiger partial charge is 0.407 e. The van der Waals surface area contributed by atoms with E-state index in [9.17, 15) is 4.79 Å². The first kappa shape index (κ1) is 13.4. The van der Waals surface area contributed by atoms with Crippen molar-refractivity contribution in [2.45, 2.75) is 39.8 Å². The first-order valence-corrected chi connectivity index (χ1v) is 5.60. The number of amides is 1. The number of nitrogen functional groups attached to an aromatic ring is 1. The normalized spacial score (nSPS) is 11.1. The van der Waals surface area contributed by atoms with Crippen molar-refractivity contribution in [1.29, 1.82) is 0 Å². The van der Waals surface area contributed by atoms with Crippen molar-refractivity contribution in [1.82, 2.24) is 5.32 Å². The van der Waals surface area contributed by atoms with Crippen LogP contribution in [-0.4, -0.2) is 11.7 Å². The first-order valence-electron chi connectivity index (χ1n) is 5.60. The van der Waals surface area contributed by atoms with Crippen molar-refractivity contribution in [2.24, 2.45) is 0 Å². The van der Waals surface area contributed by atoms with Gasteiger partial charge in [0, 0.05) is 12.2 Å². The molecule has 1 rings (SSSR count). The molecule has 0 aliphatic carbocycles. The predicted molar refractivity (Wildman–Crippen MR) is 68.7 cm³/mol. The zero-order chi connectivity index (χ0) is 13.1. The number of aryl methyl sites for hydroxylation is 1. The van der Waals surface area contributed by atoms with Crippen LogP contribution < -0.4 is 11.1 Å². The number of nitrogens with two attached hydrogens (primary N) is 1. The van der Waals surface area contributed by atoms with E-state index in [0.717, 1.165) is 11.1 Å². The summed E-state index contributed by atoms with van der Waals surface area (Å²) in [7, 11) is 0. The molecule has 1 amide bonds. The number of ether oxygens (including phenoxy) is 1. The van der Waals surface area contributed by atoms with E-state index in [4.69, 9.17) is 10.5 Å². The Bertz CT molecular complexity index is 408. The second-order valence-corrected chi connectivity index (χ2v) is 5.00. The topological polar surface area (TPSA) is 64.3 Å². The van der Waals surface area contributed by atoms with E-state index >= 15 is 0 Å². The van der Waals surface area contributed by atoms with Crippen LogP contribution in [0.5, 0.6) is 0 Å². The zero-order valence-corrected chi connectivity index (χ0v) is 10.8. The highest BCUT2D eigenvalue weighted by atomic mass is 16.6. The van der Waals surface area contributed by atoms with E-state index in [-0.39, 0.29) is 0 Å². The summed E-state index contributed by atoms with van der Waals surface area (Å²) in [6, 6.07) is 5.74. The first-order chi connectivity index (χ1) is 7.79. The molecule has 1 aromatic carbocycles. The fraction of sp³-hybridized carbons (Fsp3) is 0.462. The summed E-state index contributed by atoms with van der Waals surface area (Å²) in [5, 5.41) is 2.68. The predicted octanol–water partition coefficient (Wildman–Crippen LogP) is 2.60. The fourth-order valence-electron chi connectivity index (χ4n) is 1.38. The van der Waals surface area contributed by atoms with Gasteiger partial charge in [0.25, 0.3) is 0 Å². The summed E-state index contributed by atoms with van der Waals surface area (Å²) in [5.74, 6) is 0. The molecule has 0 unspecified atom stereocenters. The second kappa shape index (κ2) is 5.08. The van der Waals surface area contributed by atoms with Crippen LogP contribution in [0.3, 0.4) is 0 Å². The van der Waals surface area contributed by atoms with E-state index in [2.05, 4.69) is 5.32 Å². The maximum atomic E-state index is 11.5. The number of carbonyl (C=O) groups is 1. The molecule has 3 N–H and O–H groups in total. The van der Waals surface area contributed by atoms with Crippen LogP contribution in [-0.2, 0) is 11.3 Å². The number of alkyl carbamates (subject to hydrolysis) is 1. The quantitative estimate of drug-likeness (QED) is 0.776. The van der Waals surface area contributed by atoms with Gasteiger partial charge in [-0.05, 0) is 38.8 Å². The maximum absolute atomic E-state index is 11.5. The van der Waals surface area contributed by atoms with E-state index < -0.39 is 11.7 Å². The summed E-state index contributed by atoms with van der Waals surface area (Å²) in [6.45, 7) is 7.80. The van der Waals surface area contributed by atoms with Gasteiger partial charge in [-0.25, -0.2) is 4.79 Å². The lowest BCUT2D eigenvalue weighted by Gasteiger charge is -2.20. The Morgan fingerprint density at radius 2 is 2.06 bits per heavy atom. The molecule has 94 valence electrons. The molecule has 0 saturated heterocycles. The van der Waals surface area contributed by atoms with Gasteiger partial charge in [-0.3, -0.25) is 0 Å². The largest absolute Gasteiger partial charge is 0.444 e. The van der Waals surface area contributed by atoms with Crippen LogP contribution in [0.2, 0.25) is 0 Å². The Morgan fingerprint density at radius 1 is 1.41 bits per heavy atom. The van der Waals surface area contributed by atoms with E-state index in [0.29, 0.717) is 12.2 Å². The molecule has 0 aromatic heterocycles. The highest BCUT2D eigenvalue weighted by Crippen LogP contribution is 2.16. The summed E-state index contributed by atoms with van der Waals surface area (Å²) in [6.07, 6.45) is -0.432. The molecular weight excluding hydrogens is 216 g/mol. The molecule has 17 heavy (non-hydrogen) atoms. The van der Waals surface area contributed by atoms with Gasteiger partial charge in [0.15, 0.2) is 0 Å². The van der Waals surface area contributed by atoms with Crippen molar-refractivity contribution in [3.63, 3.8) is 0 Å². The number of carbonyl (C=O) groups excluding carboxylic acids is 1. The lowest BCUT2D eigenvalue weighted by Crippen LogP contribution is -2.32. The SMILES string of the molecule is Cc1cccc(CNC(=O)OC(C)(C)C)c1N. The highest BCUT2D eigenvalue weighted by molar-refractivity contribution is 5.68. The van der Waals surface area contributed by atoms with Gasteiger partial charge in [-0.1, -0.05) is 18.2 Å². The van der Waals surface area contributed by atoms with Gasteiger partial charge in [-0.2, -0.15) is 0 Å². The van der Waals surface area contributed by atoms with Gasteiger partial charge in [0.05, 0.1) is 0 Å². The lowest BCUT2D eigenvalue weighted by molar-refractivity contribution is 0.0523. The van der Waals surface area contributed by atoms with Crippen molar-refractivity contribution < 1.29 is 9.53 Å². The molecule has 0 radical (unpaired) electrons. The van der Waals surface area contributed by atoms with Crippen LogP contribution in [0.25, 0.3) is 0 Å². The van der Waals surface area contributed by atoms with Crippen LogP contribution >= 0.6 is 0 Å². The molecule has 0 saturated carbocycles. The van der Waals surface area contributed by atoms with Gasteiger partial charge < -0.3 is 15.8 Å². The van der Waals surface area contributed by atoms with Crippen LogP contribution in [0.1, 0.15) is 31.9 Å². The van der Waals surface area contributed by atoms with Gasteiger partial charge in [-0.15, -0.1) is 0 Å². The Kier molecular flexibility index (Phi) is 3.99. The number of rotatable bonds is 2. The average molecular weight is 236 g/mol. The minimum atomic E-state index is -0.484. The number of hydrogen-bond donors (Lipinski definition) is 2. The minimum absolute atomic E-state index is 0.377. The lowest BCUT2D eigenvalue weighted by atomic mass is 10.1. The highest BCUT2D eigenvalue weighted by Gasteiger charge is 2.15. The molecule has 1 aromatic rings. The standard InChI is InChI=1S/C13H20N2O2/c1-9-6-5-7-10(11(9)14)8-15-12(16)17-13(2,3)4/h5-7H,8,14H2,1-4H3,(H,15,16). The van der Waals surface area contributed by atoms with Crippen LogP contribution in [0, 0.1) is 6.92 Å². The summed E-state index contributed by atoms with van der Waals surface area (Å²) >= 11 is 0. The van der Waals surface area contributed by atoms with Crippen LogP contribution in [0.15, 0.2) is 18.2 Å². The molecule has 0 atom stereocenters. The van der Waals surface area contributed by atoms with Crippen molar-refractivity contribution in [2.75, 3.05) is 5.73 Å². The van der Waals surface area contributed by atoms with E-state index in [1.54, 1.807) is 0 Å². The molecule has 0 bridgehead atoms. The molecule has 0 aliphatic rings. The Hall–Kier alpha value is -1.71. The number of anilines is 1. The third-order valence-electron chi connectivity index (χ3n) is 2.24. The number of para-hydroxylation sites is 1. The summed E-state index contributed by atoms with van der Waals surface area (Å²) in [4.78, 5) is 11.5. The third-order valence-corrected chi connectivity index (χ3v) is 2.24. The average Bonchev–Trinajstić information content (AvgIpc) is 2.18. The molecule has 0 aliphatic heterocycles. The van der Waals surface area contributed by atoms with Gasteiger partial charge in [0.2, 0.25) is 0 Å². The second-order valence-electron chi connectivity index (χ2n) is 5.00. The van der Waals surface area contributed by atoms with Crippen molar-refractivity contribution in [3.8, 4) is 0 Å². The molecule has 4 nitrogen and oxygen atoms in total. The van der Waals surface area contributed by atoms with Gasteiger partial charge >= 0.3 is 6.09 Å². The summed E-state index contributed by atoms with van der Waals surface area (Å²) in [5.41, 5.74) is 8.04. The molecule has 0 spiro atoms. The molecule has 0 heterocycles. The van der Waals surface area contributed by atoms with Crippen molar-refractivity contribution in [3.05, 3.63) is 29.3 Å². The minimum Gasteiger partial charge on any atom is -0.444 e. The molecular formula is C13H20N2O2. The zero-order valence-electron chi connectivity index (χ0n) is 10.8. The Labute approximate surface area is 102 Å². The fourth-order valence-corrected chi connectivity index (χ4v) is 1.38. The van der Waals surface area contributed by atoms with Gasteiger partial charge in [0.1, 0.15) is 5.60 Å². The number of hydrogen-bond acceptors (Lipinski definition) is 3. The monoisotopic (exact) mass is 236 g/mol. The Morgan fingerprint density at radius 3 is 2.65 bits per heavy atom. The van der Waals surface area contributed by atoms with E-state index in [1.165, 1.54) is 0 Å². The van der Waals surface area contributed by atoms with Crippen molar-refractivity contribution >= 4 is 11.8 Å². The third kappa shape index (κ3) is 4.34. The maximum Gasteiger partial charge on any atom is 0.407 e. The Balaban J connectivity index is 2.56.